The van der Waals surface area contributed by atoms with Gasteiger partial charge in [0, 0.05) is 48.9 Å². The number of halogens is 3. The molecule has 0 N–H and O–H groups in total. The van der Waals surface area contributed by atoms with Crippen molar-refractivity contribution in [1.29, 1.82) is 0 Å². The normalized spacial score (nSPS) is 17.6. The molecule has 2 aliphatic rings. The van der Waals surface area contributed by atoms with Crippen LogP contribution in [0.3, 0.4) is 0 Å². The Kier molecular flexibility index (Phi) is 11.1. The van der Waals surface area contributed by atoms with Gasteiger partial charge in [-0.3, -0.25) is 3.97 Å². The molecule has 1 aliphatic heterocycles. The minimum Gasteiger partial charge on any atom is -0.497 e. The summed E-state index contributed by atoms with van der Waals surface area (Å²) in [7, 11) is -1.09. The lowest BCUT2D eigenvalue weighted by molar-refractivity contribution is -0.136. The Labute approximate surface area is 289 Å². The number of piperidine rings is 1. The van der Waals surface area contributed by atoms with Crippen LogP contribution in [0.25, 0.3) is 10.9 Å². The lowest BCUT2D eigenvalue weighted by Crippen LogP contribution is -2.49. The first-order valence-electron chi connectivity index (χ1n) is 15.8. The maximum absolute atomic E-state index is 14.9. The van der Waals surface area contributed by atoms with Crippen molar-refractivity contribution in [3.8, 4) is 0 Å². The lowest BCUT2D eigenvalue weighted by atomic mass is 10.0. The van der Waals surface area contributed by atoms with E-state index in [1.807, 2.05) is 12.2 Å². The molecule has 5 rings (SSSR count). The summed E-state index contributed by atoms with van der Waals surface area (Å²) < 4.78 is 92.0. The van der Waals surface area contributed by atoms with E-state index >= 15 is 0 Å². The summed E-state index contributed by atoms with van der Waals surface area (Å²) in [6, 6.07) is 11.6. The lowest BCUT2D eigenvalue weighted by Gasteiger charge is -2.38. The summed E-state index contributed by atoms with van der Waals surface area (Å²) in [6.07, 6.45) is 2.77. The number of benzene rings is 2. The van der Waals surface area contributed by atoms with Gasteiger partial charge in [-0.15, -0.1) is 0 Å². The van der Waals surface area contributed by atoms with E-state index < -0.39 is 51.4 Å². The fourth-order valence-corrected chi connectivity index (χ4v) is 8.62. The van der Waals surface area contributed by atoms with Gasteiger partial charge in [0.05, 0.1) is 35.1 Å². The number of allylic oxidation sites excluding steroid dienone is 3. The topological polar surface area (TPSA) is 90.3 Å². The predicted octanol–water partition coefficient (Wildman–Crippen LogP) is 7.35. The van der Waals surface area contributed by atoms with E-state index in [-0.39, 0.29) is 22.3 Å². The van der Waals surface area contributed by atoms with Gasteiger partial charge in [-0.1, -0.05) is 30.3 Å². The molecular weight excluding hydrogens is 680 g/mol. The predicted molar refractivity (Wildman–Crippen MR) is 182 cm³/mol. The second-order valence-corrected chi connectivity index (χ2v) is 15.4. The van der Waals surface area contributed by atoms with Gasteiger partial charge in [0.1, 0.15) is 28.1 Å². The second kappa shape index (κ2) is 14.9. The van der Waals surface area contributed by atoms with Crippen molar-refractivity contribution in [2.75, 3.05) is 33.9 Å². The summed E-state index contributed by atoms with van der Waals surface area (Å²) >= 11 is 0. The third-order valence-electron chi connectivity index (χ3n) is 8.17. The maximum Gasteiger partial charge on any atom is 0.417 e. The summed E-state index contributed by atoms with van der Waals surface area (Å²) in [5.74, 6) is 1.03. The van der Waals surface area contributed by atoms with Crippen LogP contribution in [0.1, 0.15) is 45.6 Å². The van der Waals surface area contributed by atoms with E-state index in [1.165, 1.54) is 36.5 Å². The average molecular weight is 720 g/mol. The van der Waals surface area contributed by atoms with Crippen LogP contribution >= 0.6 is 0 Å². The van der Waals surface area contributed by atoms with Crippen LogP contribution in [0.15, 0.2) is 99.8 Å². The second-order valence-electron chi connectivity index (χ2n) is 12.6. The molecule has 2 unspecified atom stereocenters. The standard InChI is InChI=1S/C35H40F3N3O6S2/c1-34(2,3)47-33(42)39-19-17-25(18-20-39)40(22-24-11-9-12-26(45-4)21-30(24)46-5)49(44)31-23-41(48(43)27-13-7-6-8-14-27)29-16-10-15-28(32(29)31)35(36,37)38/h6-8,10-16,21,23,25H,9,17-20,22H2,1-5H3. The minimum absolute atomic E-state index is 0.0418. The first-order chi connectivity index (χ1) is 23.2. The number of ether oxygens (including phenoxy) is 3. The van der Waals surface area contributed by atoms with Crippen molar-refractivity contribution in [3.63, 3.8) is 0 Å². The first-order valence-corrected chi connectivity index (χ1v) is 18.0. The smallest absolute Gasteiger partial charge is 0.417 e. The number of rotatable bonds is 9. The number of alkyl halides is 3. The molecule has 0 spiro atoms. The minimum atomic E-state index is -4.78. The van der Waals surface area contributed by atoms with Crippen molar-refractivity contribution in [1.82, 2.24) is 13.2 Å². The Morgan fingerprint density at radius 2 is 1.65 bits per heavy atom. The van der Waals surface area contributed by atoms with Crippen LogP contribution in [-0.4, -0.2) is 73.2 Å². The molecule has 0 saturated carbocycles. The number of aromatic nitrogens is 1. The highest BCUT2D eigenvalue weighted by molar-refractivity contribution is 7.84. The van der Waals surface area contributed by atoms with Gasteiger partial charge in [0.15, 0.2) is 11.0 Å². The van der Waals surface area contributed by atoms with Crippen molar-refractivity contribution >= 4 is 39.0 Å². The molecule has 264 valence electrons. The fourth-order valence-electron chi connectivity index (χ4n) is 5.83. The highest BCUT2D eigenvalue weighted by Gasteiger charge is 2.38. The summed E-state index contributed by atoms with van der Waals surface area (Å²) in [5.41, 5.74) is -0.950. The number of fused-ring (bicyclic) bond motifs is 1. The number of methoxy groups -OCH3 is 2. The Morgan fingerprint density at radius 3 is 2.27 bits per heavy atom. The van der Waals surface area contributed by atoms with E-state index in [4.69, 9.17) is 14.2 Å². The fraction of sp³-hybridized carbons (Fsp3) is 0.400. The van der Waals surface area contributed by atoms with E-state index in [9.17, 15) is 26.4 Å². The SMILES string of the molecule is COC1=CCC=C(CN(C2CCN(C(=O)OC(C)(C)C)CC2)S(=O)c2cn(S(=O)c3ccccc3)c3cccc(C(F)(F)F)c23)C(OC)=C1. The van der Waals surface area contributed by atoms with Crippen molar-refractivity contribution in [2.45, 2.75) is 67.6 Å². The van der Waals surface area contributed by atoms with E-state index in [0.29, 0.717) is 54.3 Å². The number of amides is 1. The van der Waals surface area contributed by atoms with Crippen LogP contribution in [0.5, 0.6) is 0 Å². The number of nitrogens with zero attached hydrogens (tertiary/aromatic N) is 3. The first kappa shape index (κ1) is 36.4. The molecule has 49 heavy (non-hydrogen) atoms. The average Bonchev–Trinajstić information content (AvgIpc) is 3.34. The van der Waals surface area contributed by atoms with Crippen LogP contribution in [0.4, 0.5) is 18.0 Å². The van der Waals surface area contributed by atoms with Crippen molar-refractivity contribution < 1.29 is 40.6 Å². The highest BCUT2D eigenvalue weighted by Crippen LogP contribution is 2.40. The van der Waals surface area contributed by atoms with E-state index in [0.717, 1.165) is 6.07 Å². The van der Waals surface area contributed by atoms with E-state index in [2.05, 4.69) is 0 Å². The molecule has 1 aromatic heterocycles. The van der Waals surface area contributed by atoms with Crippen molar-refractivity contribution in [3.05, 3.63) is 95.6 Å². The van der Waals surface area contributed by atoms with Gasteiger partial charge in [0.2, 0.25) is 0 Å². The molecule has 2 atom stereocenters. The zero-order valence-corrected chi connectivity index (χ0v) is 29.6. The van der Waals surface area contributed by atoms with Crippen LogP contribution in [0, 0.1) is 0 Å². The number of hydrogen-bond acceptors (Lipinski definition) is 6. The van der Waals surface area contributed by atoms with Crippen LogP contribution in [0.2, 0.25) is 0 Å². The molecule has 14 heteroatoms. The Bertz CT molecular complexity index is 1820. The third kappa shape index (κ3) is 8.30. The monoisotopic (exact) mass is 719 g/mol. The van der Waals surface area contributed by atoms with Crippen LogP contribution in [-0.2, 0) is 42.4 Å². The number of carbonyl (C=O) groups is 1. The maximum atomic E-state index is 14.9. The highest BCUT2D eigenvalue weighted by atomic mass is 32.2. The van der Waals surface area contributed by atoms with Gasteiger partial charge in [-0.25, -0.2) is 17.5 Å². The Hall–Kier alpha value is -3.88. The number of hydrogen-bond donors (Lipinski definition) is 0. The number of likely N-dealkylation sites (tertiary alicyclic amines) is 1. The van der Waals surface area contributed by atoms with Crippen LogP contribution < -0.4 is 0 Å². The molecule has 1 saturated heterocycles. The largest absolute Gasteiger partial charge is 0.497 e. The molecular formula is C35H40F3N3O6S2. The summed E-state index contributed by atoms with van der Waals surface area (Å²) in [4.78, 5) is 14.7. The third-order valence-corrected chi connectivity index (χ3v) is 11.0. The molecule has 0 radical (unpaired) electrons. The quantitative estimate of drug-likeness (QED) is 0.230. The molecule has 2 heterocycles. The van der Waals surface area contributed by atoms with Gasteiger partial charge in [-0.05, 0) is 70.4 Å². The zero-order chi connectivity index (χ0) is 35.5. The molecule has 1 amide bonds. The molecule has 9 nitrogen and oxygen atoms in total. The molecule has 1 fully saturated rings. The number of carbonyl (C=O) groups excluding carboxylic acids is 1. The van der Waals surface area contributed by atoms with Crippen molar-refractivity contribution in [2.24, 2.45) is 0 Å². The molecule has 0 bridgehead atoms. The molecule has 1 aliphatic carbocycles. The molecule has 3 aromatic rings. The van der Waals surface area contributed by atoms with Gasteiger partial charge in [-0.2, -0.15) is 13.2 Å². The Balaban J connectivity index is 1.60. The molecule has 2 aromatic carbocycles. The zero-order valence-electron chi connectivity index (χ0n) is 28.0. The van der Waals surface area contributed by atoms with Gasteiger partial charge >= 0.3 is 12.3 Å². The summed E-state index contributed by atoms with van der Waals surface area (Å²) in [6.45, 7) is 5.99. The van der Waals surface area contributed by atoms with E-state index in [1.54, 1.807) is 66.4 Å². The summed E-state index contributed by atoms with van der Waals surface area (Å²) in [5, 5.41) is -0.283. The van der Waals surface area contributed by atoms with Gasteiger partial charge in [0.25, 0.3) is 0 Å². The van der Waals surface area contributed by atoms with Gasteiger partial charge < -0.3 is 19.1 Å². The Morgan fingerprint density at radius 1 is 0.959 bits per heavy atom.